The average Bonchev–Trinajstić information content (AvgIpc) is 3.03. The molecule has 1 aromatic rings. The molecule has 2 fully saturated rings. The molecule has 0 spiro atoms. The van der Waals surface area contributed by atoms with E-state index in [0.717, 1.165) is 4.90 Å². The van der Waals surface area contributed by atoms with Crippen LogP contribution in [0.5, 0.6) is 0 Å². The Balaban J connectivity index is 1.39. The van der Waals surface area contributed by atoms with Crippen LogP contribution in [-0.4, -0.2) is 66.9 Å². The molecule has 0 saturated carbocycles. The average molecular weight is 404 g/mol. The number of likely N-dealkylation sites (tertiary alicyclic amines) is 1. The number of hydrogen-bond acceptors (Lipinski definition) is 5. The van der Waals surface area contributed by atoms with E-state index < -0.39 is 0 Å². The number of morpholine rings is 1. The minimum Gasteiger partial charge on any atom is -0.378 e. The minimum absolute atomic E-state index is 0.0328. The zero-order valence-corrected chi connectivity index (χ0v) is 16.2. The molecule has 4 rings (SSSR count). The Morgan fingerprint density at radius 2 is 1.64 bits per heavy atom. The molecule has 0 aliphatic carbocycles. The molecule has 0 unspecified atom stereocenters. The number of carbonyl (C=O) groups excluding carboxylic acids is 3. The fourth-order valence-corrected chi connectivity index (χ4v) is 4.05. The summed E-state index contributed by atoms with van der Waals surface area (Å²) in [7, 11) is 0. The lowest BCUT2D eigenvalue weighted by Crippen LogP contribution is -2.47. The van der Waals surface area contributed by atoms with Gasteiger partial charge in [0.15, 0.2) is 0 Å². The molecule has 0 N–H and O–H groups in total. The first kappa shape index (κ1) is 19.0. The zero-order chi connectivity index (χ0) is 19.7. The van der Waals surface area contributed by atoms with Gasteiger partial charge in [0.25, 0.3) is 11.8 Å². The van der Waals surface area contributed by atoms with Crippen LogP contribution in [0.4, 0.5) is 5.69 Å². The summed E-state index contributed by atoms with van der Waals surface area (Å²) >= 11 is 5.89. The van der Waals surface area contributed by atoms with E-state index in [9.17, 15) is 14.4 Å². The summed E-state index contributed by atoms with van der Waals surface area (Å²) in [5, 5.41) is 0.544. The summed E-state index contributed by atoms with van der Waals surface area (Å²) in [6.07, 6.45) is 2.74. The number of benzene rings is 1. The number of hydrogen-bond donors (Lipinski definition) is 0. The van der Waals surface area contributed by atoms with Crippen LogP contribution in [0.2, 0.25) is 5.02 Å². The Bertz CT molecular complexity index is 809. The van der Waals surface area contributed by atoms with Crippen molar-refractivity contribution in [3.05, 3.63) is 41.1 Å². The van der Waals surface area contributed by atoms with Crippen LogP contribution in [0, 0.1) is 5.92 Å². The fraction of sp³-hybridized carbons (Fsp3) is 0.450. The summed E-state index contributed by atoms with van der Waals surface area (Å²) in [5.74, 6) is -0.540. The molecular weight excluding hydrogens is 382 g/mol. The first-order chi connectivity index (χ1) is 13.5. The molecule has 0 bridgehead atoms. The van der Waals surface area contributed by atoms with Crippen molar-refractivity contribution in [2.24, 2.45) is 5.92 Å². The first-order valence-corrected chi connectivity index (χ1v) is 9.89. The Hall–Kier alpha value is -2.38. The second-order valence-electron chi connectivity index (χ2n) is 7.18. The molecule has 1 aromatic carbocycles. The van der Waals surface area contributed by atoms with E-state index in [2.05, 4.69) is 0 Å². The SMILES string of the molecule is O=C(C1CCN(C2=CC(=O)N(c3ccc(Cl)cc3)C2=O)CC1)N1CCOCC1. The topological polar surface area (TPSA) is 70.2 Å². The predicted molar refractivity (Wildman–Crippen MR) is 104 cm³/mol. The van der Waals surface area contributed by atoms with Crippen LogP contribution in [0.25, 0.3) is 0 Å². The van der Waals surface area contributed by atoms with Crippen LogP contribution in [0.3, 0.4) is 0 Å². The number of piperidine rings is 1. The molecule has 148 valence electrons. The van der Waals surface area contributed by atoms with E-state index in [-0.39, 0.29) is 23.6 Å². The van der Waals surface area contributed by atoms with E-state index >= 15 is 0 Å². The Kier molecular flexibility index (Phi) is 5.37. The molecule has 3 amide bonds. The molecule has 0 radical (unpaired) electrons. The second kappa shape index (κ2) is 7.93. The van der Waals surface area contributed by atoms with Gasteiger partial charge in [-0.1, -0.05) is 11.6 Å². The zero-order valence-electron chi connectivity index (χ0n) is 15.5. The van der Waals surface area contributed by atoms with Gasteiger partial charge in [-0.05, 0) is 37.1 Å². The van der Waals surface area contributed by atoms with Crippen molar-refractivity contribution in [1.29, 1.82) is 0 Å². The van der Waals surface area contributed by atoms with E-state index in [4.69, 9.17) is 16.3 Å². The Labute approximate surface area is 168 Å². The van der Waals surface area contributed by atoms with Gasteiger partial charge in [0, 0.05) is 43.2 Å². The largest absolute Gasteiger partial charge is 0.378 e. The lowest BCUT2D eigenvalue weighted by Gasteiger charge is -2.36. The molecule has 0 atom stereocenters. The summed E-state index contributed by atoms with van der Waals surface area (Å²) in [4.78, 5) is 42.8. The minimum atomic E-state index is -0.353. The van der Waals surface area contributed by atoms with Crippen LogP contribution in [-0.2, 0) is 19.1 Å². The summed E-state index contributed by atoms with van der Waals surface area (Å²) in [6, 6.07) is 6.61. The van der Waals surface area contributed by atoms with E-state index in [0.29, 0.717) is 68.6 Å². The van der Waals surface area contributed by atoms with Gasteiger partial charge in [-0.25, -0.2) is 4.90 Å². The number of halogens is 1. The molecule has 2 saturated heterocycles. The fourth-order valence-electron chi connectivity index (χ4n) is 3.93. The molecule has 3 aliphatic heterocycles. The number of anilines is 1. The molecule has 3 aliphatic rings. The van der Waals surface area contributed by atoms with Gasteiger partial charge in [0.2, 0.25) is 5.91 Å². The highest BCUT2D eigenvalue weighted by Gasteiger charge is 2.38. The third kappa shape index (κ3) is 3.64. The van der Waals surface area contributed by atoms with Crippen molar-refractivity contribution in [3.63, 3.8) is 0 Å². The van der Waals surface area contributed by atoms with E-state index in [1.165, 1.54) is 6.08 Å². The second-order valence-corrected chi connectivity index (χ2v) is 7.62. The van der Waals surface area contributed by atoms with E-state index in [1.807, 2.05) is 9.80 Å². The maximum absolute atomic E-state index is 12.8. The Morgan fingerprint density at radius 3 is 2.29 bits per heavy atom. The van der Waals surface area contributed by atoms with Gasteiger partial charge < -0.3 is 14.5 Å². The molecule has 7 nitrogen and oxygen atoms in total. The number of ether oxygens (including phenoxy) is 1. The lowest BCUT2D eigenvalue weighted by atomic mass is 9.94. The molecule has 0 aromatic heterocycles. The highest BCUT2D eigenvalue weighted by molar-refractivity contribution is 6.32. The normalized spacial score (nSPS) is 21.3. The lowest BCUT2D eigenvalue weighted by molar-refractivity contribution is -0.141. The quantitative estimate of drug-likeness (QED) is 0.718. The summed E-state index contributed by atoms with van der Waals surface area (Å²) in [6.45, 7) is 3.64. The first-order valence-electron chi connectivity index (χ1n) is 9.52. The predicted octanol–water partition coefficient (Wildman–Crippen LogP) is 1.67. The third-order valence-corrected chi connectivity index (χ3v) is 5.75. The van der Waals surface area contributed by atoms with Crippen LogP contribution >= 0.6 is 11.6 Å². The van der Waals surface area contributed by atoms with Crippen LogP contribution in [0.15, 0.2) is 36.0 Å². The van der Waals surface area contributed by atoms with Crippen molar-refractivity contribution in [2.45, 2.75) is 12.8 Å². The number of nitrogens with zero attached hydrogens (tertiary/aromatic N) is 3. The number of rotatable bonds is 3. The Morgan fingerprint density at radius 1 is 1.00 bits per heavy atom. The van der Waals surface area contributed by atoms with Crippen LogP contribution in [0.1, 0.15) is 12.8 Å². The molecule has 8 heteroatoms. The molecule has 3 heterocycles. The number of amides is 3. The van der Waals surface area contributed by atoms with Gasteiger partial charge in [-0.3, -0.25) is 14.4 Å². The van der Waals surface area contributed by atoms with Gasteiger partial charge in [-0.2, -0.15) is 0 Å². The van der Waals surface area contributed by atoms with Crippen molar-refractivity contribution in [2.75, 3.05) is 44.3 Å². The standard InChI is InChI=1S/C20H22ClN3O4/c21-15-1-3-16(4-2-15)24-18(25)13-17(20(24)27)22-7-5-14(6-8-22)19(26)23-9-11-28-12-10-23/h1-4,13-14H,5-12H2. The van der Waals surface area contributed by atoms with Crippen molar-refractivity contribution < 1.29 is 19.1 Å². The number of carbonyl (C=O) groups is 3. The van der Waals surface area contributed by atoms with Gasteiger partial charge in [-0.15, -0.1) is 0 Å². The van der Waals surface area contributed by atoms with Crippen molar-refractivity contribution >= 4 is 35.0 Å². The third-order valence-electron chi connectivity index (χ3n) is 5.50. The summed E-state index contributed by atoms with van der Waals surface area (Å²) in [5.41, 5.74) is 0.903. The van der Waals surface area contributed by atoms with Crippen LogP contribution < -0.4 is 4.90 Å². The smallest absolute Gasteiger partial charge is 0.281 e. The van der Waals surface area contributed by atoms with Gasteiger partial charge in [0.1, 0.15) is 5.70 Å². The molecular formula is C20H22ClN3O4. The van der Waals surface area contributed by atoms with Gasteiger partial charge >= 0.3 is 0 Å². The van der Waals surface area contributed by atoms with E-state index in [1.54, 1.807) is 24.3 Å². The highest BCUT2D eigenvalue weighted by atomic mass is 35.5. The van der Waals surface area contributed by atoms with Crippen molar-refractivity contribution in [3.8, 4) is 0 Å². The maximum Gasteiger partial charge on any atom is 0.281 e. The van der Waals surface area contributed by atoms with Gasteiger partial charge in [0.05, 0.1) is 18.9 Å². The maximum atomic E-state index is 12.8. The van der Waals surface area contributed by atoms with Crippen molar-refractivity contribution in [1.82, 2.24) is 9.80 Å². The highest BCUT2D eigenvalue weighted by Crippen LogP contribution is 2.29. The summed E-state index contributed by atoms with van der Waals surface area (Å²) < 4.78 is 5.31. The number of imide groups is 1. The molecule has 28 heavy (non-hydrogen) atoms. The monoisotopic (exact) mass is 403 g/mol.